The quantitative estimate of drug-likeness (QED) is 0.646. The number of rotatable bonds is 1. The van der Waals surface area contributed by atoms with Crippen LogP contribution < -0.4 is 0 Å². The lowest BCUT2D eigenvalue weighted by molar-refractivity contribution is 0.165. The van der Waals surface area contributed by atoms with Gasteiger partial charge in [-0.15, -0.1) is 0 Å². The third-order valence-corrected chi connectivity index (χ3v) is 1.95. The molecule has 1 aliphatic rings. The number of hydrogen-bond donors (Lipinski definition) is 1. The molecule has 1 N–H and O–H groups in total. The van der Waals surface area contributed by atoms with Crippen LogP contribution in [0.1, 0.15) is 20.3 Å². The van der Waals surface area contributed by atoms with E-state index in [4.69, 9.17) is 5.26 Å². The Morgan fingerprint density at radius 3 is 3.00 bits per heavy atom. The van der Waals surface area contributed by atoms with Gasteiger partial charge in [-0.05, 0) is 13.8 Å². The van der Waals surface area contributed by atoms with Crippen LogP contribution in [0.5, 0.6) is 0 Å². The van der Waals surface area contributed by atoms with Gasteiger partial charge in [0.05, 0.1) is 6.07 Å². The standard InChI is InChI=1S/C9H13N3O/c1-3-11-8-4-6(2)12-9(13)7(8)5-10/h7,9,13H,3-4H2,1-2H3. The van der Waals surface area contributed by atoms with Crippen LogP contribution in [-0.2, 0) is 0 Å². The number of aliphatic imine (C=N–C) groups is 2. The first kappa shape index (κ1) is 9.87. The van der Waals surface area contributed by atoms with Gasteiger partial charge in [0.25, 0.3) is 0 Å². The lowest BCUT2D eigenvalue weighted by Crippen LogP contribution is -2.32. The van der Waals surface area contributed by atoms with Crippen molar-refractivity contribution in [2.75, 3.05) is 6.54 Å². The molecule has 13 heavy (non-hydrogen) atoms. The average Bonchev–Trinajstić information content (AvgIpc) is 2.04. The van der Waals surface area contributed by atoms with Gasteiger partial charge >= 0.3 is 0 Å². The Kier molecular flexibility index (Phi) is 3.15. The molecule has 2 atom stereocenters. The summed E-state index contributed by atoms with van der Waals surface area (Å²) in [6.07, 6.45) is -0.313. The Bertz CT molecular complexity index is 288. The SMILES string of the molecule is CCN=C1CC(C)=NC(O)C1C#N. The van der Waals surface area contributed by atoms with Gasteiger partial charge in [-0.2, -0.15) is 5.26 Å². The van der Waals surface area contributed by atoms with E-state index in [2.05, 4.69) is 9.98 Å². The zero-order valence-electron chi connectivity index (χ0n) is 7.86. The van der Waals surface area contributed by atoms with Crippen molar-refractivity contribution in [2.24, 2.45) is 15.9 Å². The van der Waals surface area contributed by atoms with Gasteiger partial charge in [-0.1, -0.05) is 0 Å². The monoisotopic (exact) mass is 179 g/mol. The molecule has 0 aromatic rings. The van der Waals surface area contributed by atoms with E-state index in [0.717, 1.165) is 11.4 Å². The molecular weight excluding hydrogens is 166 g/mol. The maximum absolute atomic E-state index is 9.45. The van der Waals surface area contributed by atoms with Crippen molar-refractivity contribution in [3.05, 3.63) is 0 Å². The number of hydrogen-bond acceptors (Lipinski definition) is 4. The Labute approximate surface area is 77.6 Å². The van der Waals surface area contributed by atoms with Crippen LogP contribution in [0.25, 0.3) is 0 Å². The normalized spacial score (nSPS) is 31.2. The predicted molar refractivity (Wildman–Crippen MR) is 50.8 cm³/mol. The fourth-order valence-corrected chi connectivity index (χ4v) is 1.39. The van der Waals surface area contributed by atoms with Crippen molar-refractivity contribution in [1.82, 2.24) is 0 Å². The maximum atomic E-state index is 9.45. The minimum absolute atomic E-state index is 0.552. The molecule has 0 aromatic carbocycles. The summed E-state index contributed by atoms with van der Waals surface area (Å²) >= 11 is 0. The number of nitrogens with zero attached hydrogens (tertiary/aromatic N) is 3. The number of aliphatic hydroxyl groups excluding tert-OH is 1. The van der Waals surface area contributed by atoms with Crippen molar-refractivity contribution >= 4 is 11.4 Å². The molecule has 0 saturated carbocycles. The first-order valence-corrected chi connectivity index (χ1v) is 4.33. The molecule has 0 amide bonds. The van der Waals surface area contributed by atoms with Crippen molar-refractivity contribution in [3.8, 4) is 6.07 Å². The second-order valence-corrected chi connectivity index (χ2v) is 3.03. The largest absolute Gasteiger partial charge is 0.370 e. The molecule has 0 aromatic heterocycles. The Balaban J connectivity index is 2.93. The van der Waals surface area contributed by atoms with Gasteiger partial charge in [0.1, 0.15) is 5.92 Å². The van der Waals surface area contributed by atoms with Gasteiger partial charge in [-0.25, -0.2) is 0 Å². The molecule has 0 radical (unpaired) electrons. The predicted octanol–water partition coefficient (Wildman–Crippen LogP) is 0.770. The first-order chi connectivity index (χ1) is 6.19. The summed E-state index contributed by atoms with van der Waals surface area (Å²) < 4.78 is 0. The second kappa shape index (κ2) is 4.15. The highest BCUT2D eigenvalue weighted by atomic mass is 16.3. The Morgan fingerprint density at radius 1 is 1.77 bits per heavy atom. The van der Waals surface area contributed by atoms with Crippen LogP contribution in [0.15, 0.2) is 9.98 Å². The zero-order valence-corrected chi connectivity index (χ0v) is 7.86. The fourth-order valence-electron chi connectivity index (χ4n) is 1.39. The summed E-state index contributed by atoms with van der Waals surface area (Å²) in [6, 6.07) is 2.02. The summed E-state index contributed by atoms with van der Waals surface area (Å²) in [5, 5.41) is 18.2. The van der Waals surface area contributed by atoms with Crippen LogP contribution in [0.3, 0.4) is 0 Å². The van der Waals surface area contributed by atoms with E-state index in [1.165, 1.54) is 0 Å². The van der Waals surface area contributed by atoms with Gasteiger partial charge < -0.3 is 5.11 Å². The minimum Gasteiger partial charge on any atom is -0.370 e. The van der Waals surface area contributed by atoms with Crippen LogP contribution >= 0.6 is 0 Å². The summed E-state index contributed by atoms with van der Waals surface area (Å²) in [5.74, 6) is -0.552. The molecule has 1 aliphatic heterocycles. The second-order valence-electron chi connectivity index (χ2n) is 3.03. The van der Waals surface area contributed by atoms with E-state index in [0.29, 0.717) is 13.0 Å². The highest BCUT2D eigenvalue weighted by Gasteiger charge is 2.28. The van der Waals surface area contributed by atoms with E-state index in [9.17, 15) is 5.11 Å². The fraction of sp³-hybridized carbons (Fsp3) is 0.667. The van der Waals surface area contributed by atoms with E-state index in [-0.39, 0.29) is 0 Å². The molecule has 0 bridgehead atoms. The van der Waals surface area contributed by atoms with Crippen molar-refractivity contribution in [1.29, 1.82) is 5.26 Å². The van der Waals surface area contributed by atoms with E-state index in [1.807, 2.05) is 19.9 Å². The third kappa shape index (κ3) is 2.13. The molecule has 0 spiro atoms. The lowest BCUT2D eigenvalue weighted by atomic mass is 9.95. The summed E-state index contributed by atoms with van der Waals surface area (Å²) in [7, 11) is 0. The average molecular weight is 179 g/mol. The Hall–Kier alpha value is -1.21. The van der Waals surface area contributed by atoms with Gasteiger partial charge in [0, 0.05) is 24.4 Å². The molecule has 0 fully saturated rings. The van der Waals surface area contributed by atoms with Gasteiger partial charge in [0.2, 0.25) is 0 Å². The lowest BCUT2D eigenvalue weighted by Gasteiger charge is -2.21. The molecule has 70 valence electrons. The molecular formula is C9H13N3O. The summed E-state index contributed by atoms with van der Waals surface area (Å²) in [6.45, 7) is 4.39. The van der Waals surface area contributed by atoms with Crippen molar-refractivity contribution < 1.29 is 5.11 Å². The van der Waals surface area contributed by atoms with Crippen LogP contribution in [0.4, 0.5) is 0 Å². The molecule has 2 unspecified atom stereocenters. The highest BCUT2D eigenvalue weighted by molar-refractivity contribution is 6.07. The van der Waals surface area contributed by atoms with Crippen LogP contribution in [-0.4, -0.2) is 29.3 Å². The van der Waals surface area contributed by atoms with Gasteiger partial charge in [0.15, 0.2) is 6.23 Å². The highest BCUT2D eigenvalue weighted by Crippen LogP contribution is 2.16. The number of aliphatic hydroxyl groups is 1. The van der Waals surface area contributed by atoms with Gasteiger partial charge in [-0.3, -0.25) is 9.98 Å². The number of nitriles is 1. The summed E-state index contributed by atoms with van der Waals surface area (Å²) in [4.78, 5) is 8.13. The molecule has 1 heterocycles. The van der Waals surface area contributed by atoms with E-state index >= 15 is 0 Å². The zero-order chi connectivity index (χ0) is 9.84. The van der Waals surface area contributed by atoms with Crippen molar-refractivity contribution in [2.45, 2.75) is 26.5 Å². The third-order valence-electron chi connectivity index (χ3n) is 1.95. The summed E-state index contributed by atoms with van der Waals surface area (Å²) in [5.41, 5.74) is 1.59. The molecule has 4 nitrogen and oxygen atoms in total. The maximum Gasteiger partial charge on any atom is 0.166 e. The van der Waals surface area contributed by atoms with Crippen molar-refractivity contribution in [3.63, 3.8) is 0 Å². The Morgan fingerprint density at radius 2 is 2.46 bits per heavy atom. The molecule has 1 rings (SSSR count). The topological polar surface area (TPSA) is 68.7 Å². The molecule has 4 heteroatoms. The minimum atomic E-state index is -0.927. The van der Waals surface area contributed by atoms with Crippen LogP contribution in [0, 0.1) is 17.2 Å². The van der Waals surface area contributed by atoms with E-state index in [1.54, 1.807) is 0 Å². The molecule has 0 aliphatic carbocycles. The smallest absolute Gasteiger partial charge is 0.166 e. The molecule has 0 saturated heterocycles. The van der Waals surface area contributed by atoms with Crippen LogP contribution in [0.2, 0.25) is 0 Å². The first-order valence-electron chi connectivity index (χ1n) is 4.33. The van der Waals surface area contributed by atoms with E-state index < -0.39 is 12.1 Å².